The largest absolute Gasteiger partial charge is 0.342 e. The van der Waals surface area contributed by atoms with Gasteiger partial charge in [0.1, 0.15) is 5.82 Å². The molecule has 6 heteroatoms. The molecule has 0 saturated heterocycles. The van der Waals surface area contributed by atoms with Crippen molar-refractivity contribution in [3.8, 4) is 0 Å². The Labute approximate surface area is 206 Å². The van der Waals surface area contributed by atoms with Gasteiger partial charge in [-0.05, 0) is 42.8 Å². The third-order valence-electron chi connectivity index (χ3n) is 5.69. The Morgan fingerprint density at radius 2 is 1.80 bits per heavy atom. The Kier molecular flexibility index (Phi) is 7.73. The number of rotatable bonds is 6. The average molecular weight is 466 g/mol. The van der Waals surface area contributed by atoms with Crippen LogP contribution in [-0.4, -0.2) is 27.4 Å². The van der Waals surface area contributed by atoms with Gasteiger partial charge >= 0.3 is 0 Å². The first-order valence-electron chi connectivity index (χ1n) is 12.1. The Hall–Kier alpha value is -4.19. The van der Waals surface area contributed by atoms with Crippen LogP contribution < -0.4 is 9.80 Å². The highest BCUT2D eigenvalue weighted by Gasteiger charge is 2.31. The molecule has 0 fully saturated rings. The number of amides is 1. The molecular weight excluding hydrogens is 434 g/mol. The molecular formula is C29H31N5O. The molecule has 5 rings (SSSR count). The van der Waals surface area contributed by atoms with E-state index in [0.717, 1.165) is 39.6 Å². The van der Waals surface area contributed by atoms with Crippen LogP contribution in [0.25, 0.3) is 11.0 Å². The quantitative estimate of drug-likeness (QED) is 0.353. The molecule has 3 heterocycles. The minimum atomic E-state index is 0.0212. The van der Waals surface area contributed by atoms with Gasteiger partial charge in [-0.3, -0.25) is 9.69 Å². The monoisotopic (exact) mass is 465 g/mol. The van der Waals surface area contributed by atoms with E-state index < -0.39 is 0 Å². The summed E-state index contributed by atoms with van der Waals surface area (Å²) in [5.74, 6) is 1.72. The van der Waals surface area contributed by atoms with Gasteiger partial charge in [-0.1, -0.05) is 68.5 Å². The van der Waals surface area contributed by atoms with Gasteiger partial charge in [0.05, 0.1) is 23.3 Å². The first-order chi connectivity index (χ1) is 17.2. The van der Waals surface area contributed by atoms with E-state index in [0.29, 0.717) is 13.0 Å². The van der Waals surface area contributed by atoms with E-state index in [-0.39, 0.29) is 12.5 Å². The molecule has 1 aliphatic rings. The molecule has 0 spiro atoms. The van der Waals surface area contributed by atoms with E-state index in [4.69, 9.17) is 0 Å². The first kappa shape index (κ1) is 24.0. The van der Waals surface area contributed by atoms with Crippen LogP contribution >= 0.6 is 0 Å². The van der Waals surface area contributed by atoms with Gasteiger partial charge in [0.25, 0.3) is 5.91 Å². The number of para-hydroxylation sites is 2. The van der Waals surface area contributed by atoms with Crippen molar-refractivity contribution in [2.24, 2.45) is 0 Å². The zero-order valence-corrected chi connectivity index (χ0v) is 20.5. The van der Waals surface area contributed by atoms with Crippen molar-refractivity contribution < 1.29 is 4.79 Å². The number of allylic oxidation sites excluding steroid dienone is 3. The summed E-state index contributed by atoms with van der Waals surface area (Å²) in [6, 6.07) is 22.0. The molecule has 0 radical (unpaired) electrons. The molecule has 2 aromatic carbocycles. The summed E-state index contributed by atoms with van der Waals surface area (Å²) < 4.78 is 0. The van der Waals surface area contributed by atoms with Gasteiger partial charge in [-0.2, -0.15) is 0 Å². The number of carbonyl (C=O) groups excluding carboxylic acids is 1. The van der Waals surface area contributed by atoms with Crippen molar-refractivity contribution >= 4 is 28.4 Å². The minimum absolute atomic E-state index is 0.0212. The maximum Gasteiger partial charge on any atom is 0.251 e. The number of pyridine rings is 1. The van der Waals surface area contributed by atoms with Crippen molar-refractivity contribution in [2.75, 3.05) is 16.3 Å². The minimum Gasteiger partial charge on any atom is -0.342 e. The van der Waals surface area contributed by atoms with Crippen LogP contribution in [0.4, 0.5) is 11.5 Å². The van der Waals surface area contributed by atoms with E-state index in [2.05, 4.69) is 27.1 Å². The SMILES string of the molecule is C/C=C(\C=C/Cc1nc2ccccc2[nH]1)N1C(=O)CN(Cc2ccccc2)c2ncccc21.CC. The number of H-pyrrole nitrogens is 1. The maximum atomic E-state index is 13.3. The van der Waals surface area contributed by atoms with Gasteiger partial charge in [0.15, 0.2) is 5.82 Å². The number of aromatic amines is 1. The molecule has 6 nitrogen and oxygen atoms in total. The first-order valence-corrected chi connectivity index (χ1v) is 12.1. The van der Waals surface area contributed by atoms with Gasteiger partial charge < -0.3 is 9.88 Å². The second kappa shape index (κ2) is 11.3. The second-order valence-corrected chi connectivity index (χ2v) is 7.94. The number of hydrogen-bond donors (Lipinski definition) is 1. The fourth-order valence-electron chi connectivity index (χ4n) is 4.16. The number of fused-ring (bicyclic) bond motifs is 2. The number of nitrogens with zero attached hydrogens (tertiary/aromatic N) is 4. The van der Waals surface area contributed by atoms with E-state index in [9.17, 15) is 4.79 Å². The Bertz CT molecular complexity index is 1310. The Morgan fingerprint density at radius 1 is 1.03 bits per heavy atom. The van der Waals surface area contributed by atoms with E-state index >= 15 is 0 Å². The van der Waals surface area contributed by atoms with Crippen molar-refractivity contribution in [1.82, 2.24) is 15.0 Å². The zero-order chi connectivity index (χ0) is 24.6. The van der Waals surface area contributed by atoms with E-state index in [1.165, 1.54) is 0 Å². The summed E-state index contributed by atoms with van der Waals surface area (Å²) >= 11 is 0. The molecule has 0 saturated carbocycles. The lowest BCUT2D eigenvalue weighted by Crippen LogP contribution is -2.45. The fourth-order valence-corrected chi connectivity index (χ4v) is 4.16. The number of aromatic nitrogens is 3. The van der Waals surface area contributed by atoms with E-state index in [1.807, 2.05) is 98.5 Å². The van der Waals surface area contributed by atoms with Crippen LogP contribution in [-0.2, 0) is 17.8 Å². The molecule has 2 aromatic heterocycles. The van der Waals surface area contributed by atoms with Crippen LogP contribution in [0.2, 0.25) is 0 Å². The third kappa shape index (κ3) is 5.32. The fraction of sp³-hybridized carbons (Fsp3) is 0.207. The number of hydrogen-bond acceptors (Lipinski definition) is 4. The summed E-state index contributed by atoms with van der Waals surface area (Å²) in [4.78, 5) is 29.7. The van der Waals surface area contributed by atoms with Crippen LogP contribution in [0.3, 0.4) is 0 Å². The van der Waals surface area contributed by atoms with Gasteiger partial charge in [0, 0.05) is 24.9 Å². The number of benzene rings is 2. The number of carbonyl (C=O) groups is 1. The van der Waals surface area contributed by atoms with Crippen molar-refractivity contribution in [2.45, 2.75) is 33.7 Å². The third-order valence-corrected chi connectivity index (χ3v) is 5.69. The molecule has 0 aliphatic carbocycles. The van der Waals surface area contributed by atoms with Crippen LogP contribution in [0.1, 0.15) is 32.2 Å². The molecule has 4 aromatic rings. The lowest BCUT2D eigenvalue weighted by Gasteiger charge is -2.36. The highest BCUT2D eigenvalue weighted by atomic mass is 16.2. The normalized spacial score (nSPS) is 13.7. The predicted octanol–water partition coefficient (Wildman–Crippen LogP) is 6.04. The zero-order valence-electron chi connectivity index (χ0n) is 20.5. The Morgan fingerprint density at radius 3 is 2.57 bits per heavy atom. The average Bonchev–Trinajstić information content (AvgIpc) is 3.32. The molecule has 0 unspecified atom stereocenters. The Balaban J connectivity index is 0.00000141. The molecule has 178 valence electrons. The highest BCUT2D eigenvalue weighted by molar-refractivity contribution is 6.05. The second-order valence-electron chi connectivity index (χ2n) is 7.94. The molecule has 1 aliphatic heterocycles. The van der Waals surface area contributed by atoms with Gasteiger partial charge in [-0.15, -0.1) is 0 Å². The van der Waals surface area contributed by atoms with Gasteiger partial charge in [0.2, 0.25) is 0 Å². The summed E-state index contributed by atoms with van der Waals surface area (Å²) in [5, 5.41) is 0. The maximum absolute atomic E-state index is 13.3. The highest BCUT2D eigenvalue weighted by Crippen LogP contribution is 2.35. The molecule has 1 amide bonds. The van der Waals surface area contributed by atoms with Crippen LogP contribution in [0, 0.1) is 0 Å². The number of imidazole rings is 1. The van der Waals surface area contributed by atoms with Crippen LogP contribution in [0.15, 0.2) is 96.9 Å². The number of anilines is 2. The van der Waals surface area contributed by atoms with Gasteiger partial charge in [-0.25, -0.2) is 9.97 Å². The summed E-state index contributed by atoms with van der Waals surface area (Å²) in [7, 11) is 0. The smallest absolute Gasteiger partial charge is 0.251 e. The van der Waals surface area contributed by atoms with Crippen molar-refractivity contribution in [3.63, 3.8) is 0 Å². The topological polar surface area (TPSA) is 65.1 Å². The predicted molar refractivity (Wildman–Crippen MR) is 143 cm³/mol. The summed E-state index contributed by atoms with van der Waals surface area (Å²) in [6.45, 7) is 6.85. The standard InChI is InChI=1S/C27H25N5O.C2H6/c1-2-21(12-8-16-25-29-22-13-6-7-14-23(22)30-25)32-24-15-9-17-28-27(24)31(19-26(32)33)18-20-10-4-3-5-11-20;1-2/h2-15,17H,16,18-19H2,1H3,(H,29,30);1-2H3/b12-8-,21-2+;. The van der Waals surface area contributed by atoms with Crippen molar-refractivity contribution in [1.29, 1.82) is 0 Å². The van der Waals surface area contributed by atoms with E-state index in [1.54, 1.807) is 11.1 Å². The molecule has 35 heavy (non-hydrogen) atoms. The van der Waals surface area contributed by atoms with Crippen LogP contribution in [0.5, 0.6) is 0 Å². The molecule has 1 N–H and O–H groups in total. The van der Waals surface area contributed by atoms with Crippen molar-refractivity contribution in [3.05, 3.63) is 108 Å². The molecule has 0 atom stereocenters. The lowest BCUT2D eigenvalue weighted by molar-refractivity contribution is -0.117. The summed E-state index contributed by atoms with van der Waals surface area (Å²) in [5.41, 5.74) is 4.75. The number of nitrogens with one attached hydrogen (secondary N) is 1. The lowest BCUT2D eigenvalue weighted by atomic mass is 10.1. The molecule has 0 bridgehead atoms. The summed E-state index contributed by atoms with van der Waals surface area (Å²) in [6.07, 6.45) is 8.39.